The summed E-state index contributed by atoms with van der Waals surface area (Å²) in [4.78, 5) is 23.9. The van der Waals surface area contributed by atoms with E-state index >= 15 is 0 Å². The molecule has 1 amide bonds. The Kier molecular flexibility index (Phi) is 4.00. The summed E-state index contributed by atoms with van der Waals surface area (Å²) in [5.74, 6) is 3.30. The van der Waals surface area contributed by atoms with Crippen molar-refractivity contribution >= 4 is 5.91 Å². The molecule has 138 valence electrons. The number of ether oxygens (including phenoxy) is 1. The van der Waals surface area contributed by atoms with Gasteiger partial charge in [-0.2, -0.15) is 5.10 Å². The fourth-order valence-electron chi connectivity index (χ4n) is 4.22. The van der Waals surface area contributed by atoms with Gasteiger partial charge in [-0.3, -0.25) is 4.79 Å². The Hall–Kier alpha value is -2.22. The molecule has 8 nitrogen and oxygen atoms in total. The number of rotatable bonds is 2. The van der Waals surface area contributed by atoms with E-state index in [0.29, 0.717) is 25.6 Å². The van der Waals surface area contributed by atoms with E-state index in [1.807, 2.05) is 9.58 Å². The maximum Gasteiger partial charge on any atom is 0.227 e. The van der Waals surface area contributed by atoms with Gasteiger partial charge in [0, 0.05) is 38.5 Å². The molecule has 2 aromatic rings. The minimum absolute atomic E-state index is 0.0207. The predicted octanol–water partition coefficient (Wildman–Crippen LogP) is 1.31. The zero-order valence-electron chi connectivity index (χ0n) is 14.8. The van der Waals surface area contributed by atoms with Crippen LogP contribution in [-0.2, 0) is 35.5 Å². The van der Waals surface area contributed by atoms with E-state index in [4.69, 9.17) is 14.1 Å². The van der Waals surface area contributed by atoms with Crippen LogP contribution in [0.15, 0.2) is 10.7 Å². The molecule has 2 aromatic heterocycles. The molecule has 0 radical (unpaired) electrons. The van der Waals surface area contributed by atoms with Crippen molar-refractivity contribution in [3.63, 3.8) is 0 Å². The number of amides is 1. The topological polar surface area (TPSA) is 86.3 Å². The van der Waals surface area contributed by atoms with Gasteiger partial charge in [-0.1, -0.05) is 0 Å². The minimum Gasteiger partial charge on any atom is -0.445 e. The molecule has 26 heavy (non-hydrogen) atoms. The van der Waals surface area contributed by atoms with Crippen LogP contribution in [0.2, 0.25) is 0 Å². The Morgan fingerprint density at radius 1 is 1.19 bits per heavy atom. The highest BCUT2D eigenvalue weighted by Gasteiger charge is 2.33. The van der Waals surface area contributed by atoms with Gasteiger partial charge in [0.25, 0.3) is 0 Å². The normalized spacial score (nSPS) is 23.5. The number of fused-ring (bicyclic) bond motifs is 2. The lowest BCUT2D eigenvalue weighted by Crippen LogP contribution is -2.42. The summed E-state index contributed by atoms with van der Waals surface area (Å²) in [5.41, 5.74) is 0.934. The van der Waals surface area contributed by atoms with Crippen molar-refractivity contribution in [2.24, 2.45) is 5.92 Å². The highest BCUT2D eigenvalue weighted by atomic mass is 16.5. The monoisotopic (exact) mass is 357 g/mol. The van der Waals surface area contributed by atoms with Gasteiger partial charge in [0.05, 0.1) is 19.0 Å². The van der Waals surface area contributed by atoms with Crippen molar-refractivity contribution in [1.82, 2.24) is 24.6 Å². The van der Waals surface area contributed by atoms with Crippen LogP contribution in [0.4, 0.5) is 0 Å². The van der Waals surface area contributed by atoms with Gasteiger partial charge in [-0.25, -0.2) is 14.6 Å². The molecule has 0 spiro atoms. The molecule has 1 fully saturated rings. The zero-order valence-corrected chi connectivity index (χ0v) is 14.8. The molecule has 5 heterocycles. The molecule has 0 aromatic carbocycles. The average molecular weight is 357 g/mol. The molecule has 0 saturated carbocycles. The van der Waals surface area contributed by atoms with E-state index in [2.05, 4.69) is 10.1 Å². The van der Waals surface area contributed by atoms with E-state index in [1.165, 1.54) is 0 Å². The fourth-order valence-corrected chi connectivity index (χ4v) is 4.22. The van der Waals surface area contributed by atoms with Crippen LogP contribution in [0.3, 0.4) is 0 Å². The summed E-state index contributed by atoms with van der Waals surface area (Å²) in [6.07, 6.45) is 5.90. The number of aryl methyl sites for hydroxylation is 1. The van der Waals surface area contributed by atoms with Gasteiger partial charge in [0.1, 0.15) is 23.6 Å². The number of oxazole rings is 1. The Labute approximate surface area is 151 Å². The lowest BCUT2D eigenvalue weighted by Gasteiger charge is -2.31. The lowest BCUT2D eigenvalue weighted by molar-refractivity contribution is -0.137. The second kappa shape index (κ2) is 6.50. The van der Waals surface area contributed by atoms with Crippen molar-refractivity contribution in [2.45, 2.75) is 51.1 Å². The largest absolute Gasteiger partial charge is 0.445 e. The first-order chi connectivity index (χ1) is 12.8. The molecule has 3 aliphatic heterocycles. The first-order valence-corrected chi connectivity index (χ1v) is 9.49. The Balaban J connectivity index is 1.28. The van der Waals surface area contributed by atoms with Crippen molar-refractivity contribution < 1.29 is 13.9 Å². The van der Waals surface area contributed by atoms with Gasteiger partial charge >= 0.3 is 0 Å². The average Bonchev–Trinajstić information content (AvgIpc) is 3.33. The van der Waals surface area contributed by atoms with Crippen LogP contribution in [-0.4, -0.2) is 50.3 Å². The van der Waals surface area contributed by atoms with Crippen LogP contribution in [0.1, 0.15) is 48.3 Å². The lowest BCUT2D eigenvalue weighted by atomic mass is 9.97. The molecule has 1 unspecified atom stereocenters. The van der Waals surface area contributed by atoms with Crippen molar-refractivity contribution in [2.75, 3.05) is 19.8 Å². The maximum atomic E-state index is 13.0. The van der Waals surface area contributed by atoms with Gasteiger partial charge in [0.15, 0.2) is 5.89 Å². The second-order valence-electron chi connectivity index (χ2n) is 7.41. The predicted molar refractivity (Wildman–Crippen MR) is 90.3 cm³/mol. The molecule has 0 N–H and O–H groups in total. The molecular weight excluding hydrogens is 334 g/mol. The molecule has 0 aliphatic carbocycles. The summed E-state index contributed by atoms with van der Waals surface area (Å²) in [5, 5.41) is 4.22. The summed E-state index contributed by atoms with van der Waals surface area (Å²) in [6.45, 7) is 3.43. The highest BCUT2D eigenvalue weighted by molar-refractivity contribution is 5.79. The summed E-state index contributed by atoms with van der Waals surface area (Å²) in [7, 11) is 0. The van der Waals surface area contributed by atoms with E-state index in [9.17, 15) is 4.79 Å². The van der Waals surface area contributed by atoms with Crippen LogP contribution in [0.25, 0.3) is 0 Å². The third-order valence-corrected chi connectivity index (χ3v) is 5.78. The highest BCUT2D eigenvalue weighted by Crippen LogP contribution is 2.31. The van der Waals surface area contributed by atoms with Gasteiger partial charge < -0.3 is 14.1 Å². The van der Waals surface area contributed by atoms with Gasteiger partial charge in [0.2, 0.25) is 5.91 Å². The molecule has 1 saturated heterocycles. The number of hydrogen-bond donors (Lipinski definition) is 0. The molecule has 8 heteroatoms. The first-order valence-electron chi connectivity index (χ1n) is 9.49. The number of nitrogens with zero attached hydrogens (tertiary/aromatic N) is 5. The Bertz CT molecular complexity index is 808. The number of carbonyl (C=O) groups is 1. The fraction of sp³-hybridized carbons (Fsp3) is 0.667. The van der Waals surface area contributed by atoms with Crippen LogP contribution in [0, 0.1) is 5.92 Å². The third-order valence-electron chi connectivity index (χ3n) is 5.78. The maximum absolute atomic E-state index is 13.0. The van der Waals surface area contributed by atoms with Crippen molar-refractivity contribution in [3.05, 3.63) is 29.5 Å². The van der Waals surface area contributed by atoms with E-state index in [0.717, 1.165) is 68.5 Å². The smallest absolute Gasteiger partial charge is 0.227 e. The minimum atomic E-state index is -0.0207. The quantitative estimate of drug-likeness (QED) is 0.805. The number of hydrogen-bond acceptors (Lipinski definition) is 6. The van der Waals surface area contributed by atoms with E-state index < -0.39 is 0 Å². The summed E-state index contributed by atoms with van der Waals surface area (Å²) < 4.78 is 13.3. The zero-order chi connectivity index (χ0) is 17.5. The molecule has 3 aliphatic rings. The van der Waals surface area contributed by atoms with Gasteiger partial charge in [-0.05, 0) is 19.3 Å². The summed E-state index contributed by atoms with van der Waals surface area (Å²) in [6, 6.07) is 0. The molecular formula is C18H23N5O3. The van der Waals surface area contributed by atoms with Crippen LogP contribution in [0.5, 0.6) is 0 Å². The van der Waals surface area contributed by atoms with E-state index in [-0.39, 0.29) is 11.8 Å². The first kappa shape index (κ1) is 16.0. The molecule has 5 rings (SSSR count). The summed E-state index contributed by atoms with van der Waals surface area (Å²) >= 11 is 0. The van der Waals surface area contributed by atoms with Crippen LogP contribution >= 0.6 is 0 Å². The Morgan fingerprint density at radius 2 is 2.08 bits per heavy atom. The Morgan fingerprint density at radius 3 is 2.96 bits per heavy atom. The van der Waals surface area contributed by atoms with Crippen molar-refractivity contribution in [3.8, 4) is 0 Å². The SMILES string of the molecule is O=C(C1CCc2ncnn2C1)N1CCc2oc(C3CCOCC3)nc2C1. The van der Waals surface area contributed by atoms with Gasteiger partial charge in [-0.15, -0.1) is 0 Å². The van der Waals surface area contributed by atoms with Crippen molar-refractivity contribution in [1.29, 1.82) is 0 Å². The number of aromatic nitrogens is 4. The van der Waals surface area contributed by atoms with Crippen LogP contribution < -0.4 is 0 Å². The van der Waals surface area contributed by atoms with E-state index in [1.54, 1.807) is 6.33 Å². The number of carbonyl (C=O) groups excluding carboxylic acids is 1. The molecule has 0 bridgehead atoms. The third kappa shape index (κ3) is 2.82. The molecule has 1 atom stereocenters. The second-order valence-corrected chi connectivity index (χ2v) is 7.41. The standard InChI is InChI=1S/C18H23N5O3/c24-18(13-1-2-16-19-11-20-23(16)9-13)22-6-3-15-14(10-22)21-17(26-15)12-4-7-25-8-5-12/h11-13H,1-10H2.